The third kappa shape index (κ3) is 5.51. The lowest BCUT2D eigenvalue weighted by Gasteiger charge is -2.28. The number of methoxy groups -OCH3 is 1. The van der Waals surface area contributed by atoms with Gasteiger partial charge in [0.25, 0.3) is 11.8 Å². The van der Waals surface area contributed by atoms with E-state index in [1.807, 2.05) is 4.90 Å². The first kappa shape index (κ1) is 22.1. The maximum atomic E-state index is 13.0. The number of carbonyl (C=O) groups excluding carboxylic acids is 2. The molecule has 1 fully saturated rings. The molecule has 1 aromatic carbocycles. The molecule has 0 bridgehead atoms. The second-order valence-corrected chi connectivity index (χ2v) is 5.97. The van der Waals surface area contributed by atoms with Gasteiger partial charge in [-0.25, -0.2) is 0 Å². The summed E-state index contributed by atoms with van der Waals surface area (Å²) in [7, 11) is 3.06. The minimum absolute atomic E-state index is 0. The first-order chi connectivity index (χ1) is 12.1. The Bertz CT molecular complexity index is 606. The van der Waals surface area contributed by atoms with Gasteiger partial charge in [-0.2, -0.15) is 0 Å². The summed E-state index contributed by atoms with van der Waals surface area (Å²) in [5.41, 5.74) is 0.560. The van der Waals surface area contributed by atoms with E-state index in [0.29, 0.717) is 17.1 Å². The van der Waals surface area contributed by atoms with Crippen LogP contribution in [0.4, 0.5) is 0 Å². The maximum absolute atomic E-state index is 13.0. The second-order valence-electron chi connectivity index (χ2n) is 5.97. The van der Waals surface area contributed by atoms with Crippen molar-refractivity contribution in [1.82, 2.24) is 15.5 Å². The molecule has 0 spiro atoms. The van der Waals surface area contributed by atoms with Crippen molar-refractivity contribution < 1.29 is 19.1 Å². The molecule has 0 saturated carbocycles. The van der Waals surface area contributed by atoms with Crippen LogP contribution in [0.1, 0.15) is 30.1 Å². The largest absolute Gasteiger partial charge is 0.493 e. The van der Waals surface area contributed by atoms with E-state index in [-0.39, 0.29) is 36.9 Å². The number of amides is 2. The number of nitrogens with one attached hydrogen (secondary N) is 2. The van der Waals surface area contributed by atoms with Crippen molar-refractivity contribution in [2.45, 2.75) is 25.8 Å². The zero-order valence-electron chi connectivity index (χ0n) is 15.5. The third-order valence-electron chi connectivity index (χ3n) is 4.25. The predicted octanol–water partition coefficient (Wildman–Crippen LogP) is 1.46. The molecule has 8 heteroatoms. The van der Waals surface area contributed by atoms with Crippen molar-refractivity contribution in [3.63, 3.8) is 0 Å². The molecular formula is C18H28ClN3O4. The number of hydrogen-bond acceptors (Lipinski definition) is 5. The van der Waals surface area contributed by atoms with E-state index in [2.05, 4.69) is 17.6 Å². The molecule has 1 aliphatic rings. The van der Waals surface area contributed by atoms with E-state index in [1.54, 1.807) is 25.2 Å². The number of rotatable bonds is 8. The van der Waals surface area contributed by atoms with Gasteiger partial charge in [-0.05, 0) is 37.6 Å². The van der Waals surface area contributed by atoms with Crippen molar-refractivity contribution in [2.75, 3.05) is 40.4 Å². The van der Waals surface area contributed by atoms with Gasteiger partial charge in [-0.15, -0.1) is 12.4 Å². The summed E-state index contributed by atoms with van der Waals surface area (Å²) in [5, 5.41) is 5.80. The Kier molecular flexibility index (Phi) is 9.23. The van der Waals surface area contributed by atoms with Crippen molar-refractivity contribution in [2.24, 2.45) is 0 Å². The third-order valence-corrected chi connectivity index (χ3v) is 4.25. The average molecular weight is 386 g/mol. The summed E-state index contributed by atoms with van der Waals surface area (Å²) in [6, 6.07) is 5.29. The zero-order chi connectivity index (χ0) is 18.2. The smallest absolute Gasteiger partial charge is 0.257 e. The van der Waals surface area contributed by atoms with Gasteiger partial charge in [0.2, 0.25) is 0 Å². The number of nitrogens with zero attached hydrogens (tertiary/aromatic N) is 1. The van der Waals surface area contributed by atoms with Crippen molar-refractivity contribution in [1.29, 1.82) is 0 Å². The molecule has 7 nitrogen and oxygen atoms in total. The molecule has 2 amide bonds. The molecule has 0 aliphatic carbocycles. The summed E-state index contributed by atoms with van der Waals surface area (Å²) >= 11 is 0. The van der Waals surface area contributed by atoms with Gasteiger partial charge in [0.15, 0.2) is 18.1 Å². The van der Waals surface area contributed by atoms with Gasteiger partial charge in [0, 0.05) is 31.7 Å². The van der Waals surface area contributed by atoms with Crippen LogP contribution in [-0.4, -0.2) is 63.2 Å². The average Bonchev–Trinajstić information content (AvgIpc) is 3.17. The van der Waals surface area contributed by atoms with Gasteiger partial charge in [0.1, 0.15) is 0 Å². The Morgan fingerprint density at radius 3 is 2.69 bits per heavy atom. The van der Waals surface area contributed by atoms with Gasteiger partial charge in [-0.3, -0.25) is 9.59 Å². The topological polar surface area (TPSA) is 79.9 Å². The van der Waals surface area contributed by atoms with E-state index in [4.69, 9.17) is 9.47 Å². The normalized spacial score (nSPS) is 15.7. The van der Waals surface area contributed by atoms with Crippen LogP contribution in [0.15, 0.2) is 18.2 Å². The second kappa shape index (κ2) is 10.9. The SMILES string of the molecule is CCCN(C(=O)c1ccc(OCC(=O)NC)c(OC)c1)C1CCNC1.Cl. The molecule has 146 valence electrons. The molecule has 1 saturated heterocycles. The summed E-state index contributed by atoms with van der Waals surface area (Å²) in [4.78, 5) is 26.2. The fraction of sp³-hybridized carbons (Fsp3) is 0.556. The lowest BCUT2D eigenvalue weighted by Crippen LogP contribution is -2.42. The number of hydrogen-bond donors (Lipinski definition) is 2. The minimum atomic E-state index is -0.231. The Labute approximate surface area is 160 Å². The van der Waals surface area contributed by atoms with Crippen LogP contribution in [0.25, 0.3) is 0 Å². The lowest BCUT2D eigenvalue weighted by molar-refractivity contribution is -0.122. The van der Waals surface area contributed by atoms with Crippen molar-refractivity contribution >= 4 is 24.2 Å². The van der Waals surface area contributed by atoms with Crippen LogP contribution in [0.2, 0.25) is 0 Å². The molecule has 1 atom stereocenters. The van der Waals surface area contributed by atoms with E-state index in [9.17, 15) is 9.59 Å². The summed E-state index contributed by atoms with van der Waals surface area (Å²) in [6.07, 6.45) is 1.88. The van der Waals surface area contributed by atoms with Crippen LogP contribution in [0.5, 0.6) is 11.5 Å². The Morgan fingerprint density at radius 2 is 2.12 bits per heavy atom. The first-order valence-corrected chi connectivity index (χ1v) is 8.63. The highest BCUT2D eigenvalue weighted by Gasteiger charge is 2.27. The van der Waals surface area contributed by atoms with Gasteiger partial charge >= 0.3 is 0 Å². The molecule has 2 N–H and O–H groups in total. The Morgan fingerprint density at radius 1 is 1.35 bits per heavy atom. The zero-order valence-corrected chi connectivity index (χ0v) is 16.4. The number of likely N-dealkylation sites (N-methyl/N-ethyl adjacent to an activating group) is 1. The number of ether oxygens (including phenoxy) is 2. The molecular weight excluding hydrogens is 358 g/mol. The van der Waals surface area contributed by atoms with Crippen molar-refractivity contribution in [3.8, 4) is 11.5 Å². The van der Waals surface area contributed by atoms with Gasteiger partial charge in [-0.1, -0.05) is 6.92 Å². The quantitative estimate of drug-likeness (QED) is 0.708. The van der Waals surface area contributed by atoms with Crippen LogP contribution >= 0.6 is 12.4 Å². The summed E-state index contributed by atoms with van der Waals surface area (Å²) in [5.74, 6) is 0.639. The number of halogens is 1. The van der Waals surface area contributed by atoms with E-state index < -0.39 is 0 Å². The fourth-order valence-corrected chi connectivity index (χ4v) is 2.90. The highest BCUT2D eigenvalue weighted by Crippen LogP contribution is 2.29. The highest BCUT2D eigenvalue weighted by molar-refractivity contribution is 5.95. The Balaban J connectivity index is 0.00000338. The minimum Gasteiger partial charge on any atom is -0.493 e. The maximum Gasteiger partial charge on any atom is 0.257 e. The molecule has 0 radical (unpaired) electrons. The van der Waals surface area contributed by atoms with Crippen LogP contribution < -0.4 is 20.1 Å². The van der Waals surface area contributed by atoms with Crippen LogP contribution in [-0.2, 0) is 4.79 Å². The fourth-order valence-electron chi connectivity index (χ4n) is 2.90. The first-order valence-electron chi connectivity index (χ1n) is 8.63. The van der Waals surface area contributed by atoms with Gasteiger partial charge < -0.3 is 25.0 Å². The molecule has 2 rings (SSSR count). The monoisotopic (exact) mass is 385 g/mol. The molecule has 26 heavy (non-hydrogen) atoms. The van der Waals surface area contributed by atoms with E-state index in [1.165, 1.54) is 7.11 Å². The van der Waals surface area contributed by atoms with Gasteiger partial charge in [0.05, 0.1) is 7.11 Å². The molecule has 0 aromatic heterocycles. The molecule has 1 aliphatic heterocycles. The molecule has 1 aromatic rings. The van der Waals surface area contributed by atoms with Crippen LogP contribution in [0, 0.1) is 0 Å². The number of benzene rings is 1. The summed E-state index contributed by atoms with van der Waals surface area (Å²) < 4.78 is 10.8. The van der Waals surface area contributed by atoms with E-state index in [0.717, 1.165) is 32.5 Å². The van der Waals surface area contributed by atoms with Crippen molar-refractivity contribution in [3.05, 3.63) is 23.8 Å². The standard InChI is InChI=1S/C18H27N3O4.ClH/c1-4-9-21(14-7-8-20-11-14)18(23)13-5-6-15(16(10-13)24-3)25-12-17(22)19-2;/h5-6,10,14,20H,4,7-9,11-12H2,1-3H3,(H,19,22);1H. The lowest BCUT2D eigenvalue weighted by atomic mass is 10.1. The van der Waals surface area contributed by atoms with E-state index >= 15 is 0 Å². The molecule has 1 heterocycles. The Hall–Kier alpha value is -1.99. The highest BCUT2D eigenvalue weighted by atomic mass is 35.5. The predicted molar refractivity (Wildman–Crippen MR) is 102 cm³/mol. The number of carbonyl (C=O) groups is 2. The summed E-state index contributed by atoms with van der Waals surface area (Å²) in [6.45, 7) is 4.46. The molecule has 1 unspecified atom stereocenters. The van der Waals surface area contributed by atoms with Crippen LogP contribution in [0.3, 0.4) is 0 Å².